The summed E-state index contributed by atoms with van der Waals surface area (Å²) in [5, 5.41) is 2.79. The monoisotopic (exact) mass is 250 g/mol. The van der Waals surface area contributed by atoms with Gasteiger partial charge in [0, 0.05) is 12.7 Å². The van der Waals surface area contributed by atoms with Crippen LogP contribution in [0, 0.1) is 5.92 Å². The van der Waals surface area contributed by atoms with Gasteiger partial charge in [0.05, 0.1) is 18.5 Å². The minimum atomic E-state index is -0.393. The van der Waals surface area contributed by atoms with Crippen molar-refractivity contribution in [2.24, 2.45) is 5.92 Å². The van der Waals surface area contributed by atoms with Crippen LogP contribution in [0.5, 0.6) is 5.75 Å². The third kappa shape index (κ3) is 2.56. The fraction of sp³-hybridized carbons (Fsp3) is 0.462. The van der Waals surface area contributed by atoms with E-state index >= 15 is 0 Å². The summed E-state index contributed by atoms with van der Waals surface area (Å²) >= 11 is 0. The summed E-state index contributed by atoms with van der Waals surface area (Å²) in [5.74, 6) is 0.733. The lowest BCUT2D eigenvalue weighted by Crippen LogP contribution is -2.31. The van der Waals surface area contributed by atoms with E-state index in [1.165, 1.54) is 0 Å². The average molecular weight is 250 g/mol. The summed E-state index contributed by atoms with van der Waals surface area (Å²) in [5.41, 5.74) is 6.88. The van der Waals surface area contributed by atoms with Crippen LogP contribution < -0.4 is 15.8 Å². The van der Waals surface area contributed by atoms with Crippen molar-refractivity contribution in [1.82, 2.24) is 0 Å². The molecule has 3 N–H and O–H groups in total. The van der Waals surface area contributed by atoms with E-state index in [-0.39, 0.29) is 11.8 Å². The molecule has 2 unspecified atom stereocenters. The minimum absolute atomic E-state index is 0.153. The number of nitrogen functional groups attached to an aromatic ring is 1. The number of carbonyl (C=O) groups excluding carboxylic acids is 1. The highest BCUT2D eigenvalue weighted by molar-refractivity contribution is 5.97. The van der Waals surface area contributed by atoms with Crippen molar-refractivity contribution in [2.45, 2.75) is 19.4 Å². The van der Waals surface area contributed by atoms with E-state index in [2.05, 4.69) is 5.32 Å². The van der Waals surface area contributed by atoms with E-state index in [9.17, 15) is 4.79 Å². The van der Waals surface area contributed by atoms with Gasteiger partial charge in [-0.2, -0.15) is 0 Å². The molecule has 0 bridgehead atoms. The smallest absolute Gasteiger partial charge is 0.253 e. The maximum atomic E-state index is 12.0. The quantitative estimate of drug-likeness (QED) is 0.800. The first-order chi connectivity index (χ1) is 8.61. The van der Waals surface area contributed by atoms with E-state index < -0.39 is 6.10 Å². The van der Waals surface area contributed by atoms with Crippen molar-refractivity contribution < 1.29 is 14.3 Å². The fourth-order valence-corrected chi connectivity index (χ4v) is 2.01. The molecule has 1 amide bonds. The van der Waals surface area contributed by atoms with Crippen molar-refractivity contribution in [3.8, 4) is 5.75 Å². The van der Waals surface area contributed by atoms with Crippen LogP contribution in [-0.4, -0.2) is 25.7 Å². The van der Waals surface area contributed by atoms with E-state index in [1.807, 2.05) is 6.92 Å². The van der Waals surface area contributed by atoms with Crippen LogP contribution in [0.3, 0.4) is 0 Å². The van der Waals surface area contributed by atoms with Crippen LogP contribution in [0.4, 0.5) is 11.4 Å². The average Bonchev–Trinajstić information content (AvgIpc) is 2.78. The van der Waals surface area contributed by atoms with E-state index in [4.69, 9.17) is 15.2 Å². The zero-order valence-corrected chi connectivity index (χ0v) is 10.6. The number of methoxy groups -OCH3 is 1. The number of amides is 1. The topological polar surface area (TPSA) is 73.6 Å². The lowest BCUT2D eigenvalue weighted by Gasteiger charge is -2.16. The maximum absolute atomic E-state index is 12.0. The highest BCUT2D eigenvalue weighted by Gasteiger charge is 2.31. The lowest BCUT2D eigenvalue weighted by molar-refractivity contribution is -0.126. The van der Waals surface area contributed by atoms with Gasteiger partial charge in [-0.1, -0.05) is 6.92 Å². The second kappa shape index (κ2) is 5.27. The molecule has 1 aromatic rings. The second-order valence-corrected chi connectivity index (χ2v) is 4.50. The maximum Gasteiger partial charge on any atom is 0.253 e. The molecule has 1 aromatic carbocycles. The zero-order valence-electron chi connectivity index (χ0n) is 10.6. The van der Waals surface area contributed by atoms with Crippen LogP contribution in [-0.2, 0) is 9.53 Å². The van der Waals surface area contributed by atoms with E-state index in [0.717, 1.165) is 6.42 Å². The van der Waals surface area contributed by atoms with Gasteiger partial charge in [-0.15, -0.1) is 0 Å². The van der Waals surface area contributed by atoms with Crippen molar-refractivity contribution in [2.75, 3.05) is 24.8 Å². The van der Waals surface area contributed by atoms with Crippen LogP contribution in [0.15, 0.2) is 18.2 Å². The van der Waals surface area contributed by atoms with Crippen molar-refractivity contribution >= 4 is 17.3 Å². The third-order valence-corrected chi connectivity index (χ3v) is 3.16. The van der Waals surface area contributed by atoms with Crippen molar-refractivity contribution in [1.29, 1.82) is 0 Å². The molecule has 1 saturated heterocycles. The Hall–Kier alpha value is -1.75. The molecule has 98 valence electrons. The minimum Gasteiger partial charge on any atom is -0.497 e. The standard InChI is InChI=1S/C13H18N2O3/c1-8-5-6-18-12(8)13(16)15-11-7-9(17-2)3-4-10(11)14/h3-4,7-8,12H,5-6,14H2,1-2H3,(H,15,16). The highest BCUT2D eigenvalue weighted by atomic mass is 16.5. The molecule has 1 aliphatic heterocycles. The summed E-state index contributed by atoms with van der Waals surface area (Å²) in [6, 6.07) is 5.15. The number of hydrogen-bond acceptors (Lipinski definition) is 4. The molecule has 0 spiro atoms. The third-order valence-electron chi connectivity index (χ3n) is 3.16. The Labute approximate surface area is 106 Å². The van der Waals surface area contributed by atoms with Crippen molar-refractivity contribution in [3.05, 3.63) is 18.2 Å². The summed E-state index contributed by atoms with van der Waals surface area (Å²) in [6.07, 6.45) is 0.515. The first kappa shape index (κ1) is 12.7. The van der Waals surface area contributed by atoms with Gasteiger partial charge in [-0.3, -0.25) is 4.79 Å². The van der Waals surface area contributed by atoms with Gasteiger partial charge in [-0.05, 0) is 24.5 Å². The van der Waals surface area contributed by atoms with Crippen LogP contribution in [0.25, 0.3) is 0 Å². The van der Waals surface area contributed by atoms with Gasteiger partial charge < -0.3 is 20.5 Å². The van der Waals surface area contributed by atoms with E-state index in [1.54, 1.807) is 25.3 Å². The fourth-order valence-electron chi connectivity index (χ4n) is 2.01. The van der Waals surface area contributed by atoms with Crippen LogP contribution in [0.2, 0.25) is 0 Å². The Balaban J connectivity index is 2.11. The SMILES string of the molecule is COc1ccc(N)c(NC(=O)C2OCCC2C)c1. The first-order valence-electron chi connectivity index (χ1n) is 5.98. The number of nitrogens with one attached hydrogen (secondary N) is 1. The summed E-state index contributed by atoms with van der Waals surface area (Å²) < 4.78 is 10.5. The second-order valence-electron chi connectivity index (χ2n) is 4.50. The molecule has 0 aromatic heterocycles. The Bertz CT molecular complexity index is 448. The molecule has 0 aliphatic carbocycles. The van der Waals surface area contributed by atoms with Gasteiger partial charge in [0.25, 0.3) is 5.91 Å². The molecule has 5 nitrogen and oxygen atoms in total. The van der Waals surface area contributed by atoms with Gasteiger partial charge in [0.15, 0.2) is 0 Å². The number of ether oxygens (including phenoxy) is 2. The summed E-state index contributed by atoms with van der Waals surface area (Å²) in [7, 11) is 1.57. The Morgan fingerprint density at radius 2 is 2.33 bits per heavy atom. The number of anilines is 2. The molecular weight excluding hydrogens is 232 g/mol. The normalized spacial score (nSPS) is 22.8. The number of benzene rings is 1. The highest BCUT2D eigenvalue weighted by Crippen LogP contribution is 2.26. The molecule has 1 fully saturated rings. The van der Waals surface area contributed by atoms with Gasteiger partial charge in [-0.25, -0.2) is 0 Å². The zero-order chi connectivity index (χ0) is 13.1. The van der Waals surface area contributed by atoms with Crippen LogP contribution in [0.1, 0.15) is 13.3 Å². The number of hydrogen-bond donors (Lipinski definition) is 2. The molecule has 5 heteroatoms. The largest absolute Gasteiger partial charge is 0.497 e. The lowest BCUT2D eigenvalue weighted by atomic mass is 10.0. The summed E-state index contributed by atoms with van der Waals surface area (Å²) in [4.78, 5) is 12.0. The van der Waals surface area contributed by atoms with E-state index in [0.29, 0.717) is 23.7 Å². The van der Waals surface area contributed by atoms with Gasteiger partial charge in [0.2, 0.25) is 0 Å². The Morgan fingerprint density at radius 3 is 2.94 bits per heavy atom. The molecular formula is C13H18N2O3. The Morgan fingerprint density at radius 1 is 1.56 bits per heavy atom. The number of carbonyl (C=O) groups is 1. The Kier molecular flexibility index (Phi) is 3.72. The molecule has 0 radical (unpaired) electrons. The molecule has 18 heavy (non-hydrogen) atoms. The summed E-state index contributed by atoms with van der Waals surface area (Å²) in [6.45, 7) is 2.64. The number of rotatable bonds is 3. The molecule has 2 rings (SSSR count). The predicted molar refractivity (Wildman–Crippen MR) is 69.6 cm³/mol. The van der Waals surface area contributed by atoms with Crippen molar-refractivity contribution in [3.63, 3.8) is 0 Å². The van der Waals surface area contributed by atoms with Gasteiger partial charge in [0.1, 0.15) is 11.9 Å². The molecule has 0 saturated carbocycles. The first-order valence-corrected chi connectivity index (χ1v) is 5.98. The van der Waals surface area contributed by atoms with Crippen LogP contribution >= 0.6 is 0 Å². The van der Waals surface area contributed by atoms with Gasteiger partial charge >= 0.3 is 0 Å². The predicted octanol–water partition coefficient (Wildman–Crippen LogP) is 1.64. The molecule has 1 aliphatic rings. The number of nitrogens with two attached hydrogens (primary N) is 1. The molecule has 1 heterocycles. The molecule has 2 atom stereocenters.